The van der Waals surface area contributed by atoms with Crippen molar-refractivity contribution >= 4 is 5.69 Å². The molecule has 3 nitrogen and oxygen atoms in total. The number of rotatable bonds is 2. The largest absolute Gasteiger partial charge is 0.381 e. The second kappa shape index (κ2) is 4.01. The third kappa shape index (κ3) is 1.89. The van der Waals surface area contributed by atoms with Crippen LogP contribution in [0.15, 0.2) is 18.3 Å². The van der Waals surface area contributed by atoms with Gasteiger partial charge in [0.2, 0.25) is 5.95 Å². The third-order valence-corrected chi connectivity index (χ3v) is 3.71. The van der Waals surface area contributed by atoms with Crippen LogP contribution in [0.1, 0.15) is 12.8 Å². The average molecular weight is 221 g/mol. The molecule has 3 atom stereocenters. The van der Waals surface area contributed by atoms with Crippen molar-refractivity contribution < 1.29 is 4.39 Å². The molecule has 2 saturated heterocycles. The molecule has 2 bridgehead atoms. The highest BCUT2D eigenvalue weighted by atomic mass is 19.1. The average Bonchev–Trinajstić information content (AvgIpc) is 2.69. The maximum absolute atomic E-state index is 12.7. The van der Waals surface area contributed by atoms with Gasteiger partial charge in [-0.05, 0) is 37.4 Å². The normalized spacial score (nSPS) is 32.7. The molecule has 0 spiro atoms. The Kier molecular flexibility index (Phi) is 2.52. The summed E-state index contributed by atoms with van der Waals surface area (Å²) in [6, 6.07) is 3.71. The summed E-state index contributed by atoms with van der Waals surface area (Å²) < 4.78 is 12.7. The van der Waals surface area contributed by atoms with Crippen LogP contribution in [0.2, 0.25) is 0 Å². The number of piperidine rings is 1. The first-order valence-electron chi connectivity index (χ1n) is 5.92. The van der Waals surface area contributed by atoms with E-state index in [9.17, 15) is 4.39 Å². The molecule has 1 aromatic rings. The Morgan fingerprint density at radius 2 is 2.19 bits per heavy atom. The zero-order valence-electron chi connectivity index (χ0n) is 9.19. The van der Waals surface area contributed by atoms with Crippen molar-refractivity contribution in [3.05, 3.63) is 24.3 Å². The van der Waals surface area contributed by atoms with Crippen molar-refractivity contribution in [3.8, 4) is 0 Å². The third-order valence-electron chi connectivity index (χ3n) is 3.71. The van der Waals surface area contributed by atoms with E-state index < -0.39 is 5.95 Å². The maximum Gasteiger partial charge on any atom is 0.212 e. The lowest BCUT2D eigenvalue weighted by atomic mass is 9.94. The fourth-order valence-corrected chi connectivity index (χ4v) is 2.82. The molecule has 0 amide bonds. The zero-order chi connectivity index (χ0) is 11.0. The highest BCUT2D eigenvalue weighted by molar-refractivity contribution is 5.41. The monoisotopic (exact) mass is 221 g/mol. The Hall–Kier alpha value is -1.16. The predicted octanol–water partition coefficient (Wildman–Crippen LogP) is 1.73. The van der Waals surface area contributed by atoms with Crippen LogP contribution < -0.4 is 5.32 Å². The second-order valence-corrected chi connectivity index (χ2v) is 4.76. The van der Waals surface area contributed by atoms with E-state index in [-0.39, 0.29) is 0 Å². The first kappa shape index (κ1) is 10.0. The van der Waals surface area contributed by atoms with E-state index in [1.54, 1.807) is 12.3 Å². The first-order valence-corrected chi connectivity index (χ1v) is 5.92. The van der Waals surface area contributed by atoms with Crippen molar-refractivity contribution in [3.63, 3.8) is 0 Å². The minimum atomic E-state index is -0.416. The number of halogens is 1. The van der Waals surface area contributed by atoms with E-state index >= 15 is 0 Å². The summed E-state index contributed by atoms with van der Waals surface area (Å²) in [6.07, 6.45) is 4.05. The van der Waals surface area contributed by atoms with Gasteiger partial charge in [0.15, 0.2) is 0 Å². The lowest BCUT2D eigenvalue weighted by molar-refractivity contribution is 0.255. The molecule has 0 saturated carbocycles. The number of fused-ring (bicyclic) bond motifs is 2. The summed E-state index contributed by atoms with van der Waals surface area (Å²) in [5.41, 5.74) is 0.937. The Morgan fingerprint density at radius 3 is 3.00 bits per heavy atom. The van der Waals surface area contributed by atoms with Gasteiger partial charge in [0.1, 0.15) is 0 Å². The number of aromatic nitrogens is 1. The number of anilines is 1. The van der Waals surface area contributed by atoms with Gasteiger partial charge in [0.25, 0.3) is 0 Å². The molecule has 0 aromatic carbocycles. The first-order chi connectivity index (χ1) is 7.81. The van der Waals surface area contributed by atoms with Gasteiger partial charge in [-0.15, -0.1) is 0 Å². The molecular weight excluding hydrogens is 205 g/mol. The standard InChI is InChI=1S/C12H16FN3/c13-12-2-1-10(7-14-12)15-11-4-6-16-5-3-9(11)8-16/h1-2,7,9,11,15H,3-6,8H2. The SMILES string of the molecule is Fc1ccc(NC2CCN3CCC2C3)cn1. The quantitative estimate of drug-likeness (QED) is 0.771. The molecule has 0 radical (unpaired) electrons. The molecule has 4 heteroatoms. The van der Waals surface area contributed by atoms with Crippen molar-refractivity contribution in [1.29, 1.82) is 0 Å². The minimum absolute atomic E-state index is 0.416. The number of nitrogens with one attached hydrogen (secondary N) is 1. The highest BCUT2D eigenvalue weighted by Gasteiger charge is 2.33. The number of hydrogen-bond donors (Lipinski definition) is 1. The molecule has 1 N–H and O–H groups in total. The highest BCUT2D eigenvalue weighted by Crippen LogP contribution is 2.29. The van der Waals surface area contributed by atoms with E-state index in [4.69, 9.17) is 0 Å². The molecule has 3 heterocycles. The lowest BCUT2D eigenvalue weighted by Gasteiger charge is -2.31. The van der Waals surface area contributed by atoms with Gasteiger partial charge in [-0.2, -0.15) is 4.39 Å². The number of nitrogens with zero attached hydrogens (tertiary/aromatic N) is 2. The fourth-order valence-electron chi connectivity index (χ4n) is 2.82. The van der Waals surface area contributed by atoms with E-state index in [1.165, 1.54) is 38.5 Å². The van der Waals surface area contributed by atoms with Gasteiger partial charge in [0.05, 0.1) is 11.9 Å². The minimum Gasteiger partial charge on any atom is -0.381 e. The predicted molar refractivity (Wildman–Crippen MR) is 60.8 cm³/mol. The van der Waals surface area contributed by atoms with Crippen molar-refractivity contribution in [2.24, 2.45) is 5.92 Å². The zero-order valence-corrected chi connectivity index (χ0v) is 9.19. The second-order valence-electron chi connectivity index (χ2n) is 4.76. The summed E-state index contributed by atoms with van der Waals surface area (Å²) in [4.78, 5) is 6.19. The molecule has 2 aliphatic heterocycles. The number of hydrogen-bond acceptors (Lipinski definition) is 3. The molecule has 3 unspecified atom stereocenters. The Labute approximate surface area is 94.7 Å². The lowest BCUT2D eigenvalue weighted by Crippen LogP contribution is -2.39. The number of pyridine rings is 1. The van der Waals surface area contributed by atoms with Crippen molar-refractivity contribution in [2.45, 2.75) is 18.9 Å². The molecule has 2 fully saturated rings. The molecule has 16 heavy (non-hydrogen) atoms. The van der Waals surface area contributed by atoms with E-state index in [2.05, 4.69) is 15.2 Å². The van der Waals surface area contributed by atoms with Crippen LogP contribution in [-0.4, -0.2) is 35.6 Å². The van der Waals surface area contributed by atoms with Crippen LogP contribution in [0, 0.1) is 11.9 Å². The van der Waals surface area contributed by atoms with Gasteiger partial charge in [-0.25, -0.2) is 4.98 Å². The van der Waals surface area contributed by atoms with E-state index in [0.717, 1.165) is 11.6 Å². The van der Waals surface area contributed by atoms with Gasteiger partial charge < -0.3 is 10.2 Å². The Morgan fingerprint density at radius 1 is 1.31 bits per heavy atom. The topological polar surface area (TPSA) is 28.2 Å². The Bertz CT molecular complexity index is 365. The molecule has 86 valence electrons. The van der Waals surface area contributed by atoms with Crippen molar-refractivity contribution in [1.82, 2.24) is 9.88 Å². The molecule has 0 aliphatic carbocycles. The summed E-state index contributed by atoms with van der Waals surface area (Å²) in [5.74, 6) is 0.333. The molecule has 2 aliphatic rings. The van der Waals surface area contributed by atoms with Crippen LogP contribution in [0.25, 0.3) is 0 Å². The smallest absolute Gasteiger partial charge is 0.212 e. The van der Waals surface area contributed by atoms with Crippen LogP contribution >= 0.6 is 0 Å². The van der Waals surface area contributed by atoms with Crippen LogP contribution in [0.5, 0.6) is 0 Å². The summed E-state index contributed by atoms with van der Waals surface area (Å²) >= 11 is 0. The summed E-state index contributed by atoms with van der Waals surface area (Å²) in [5, 5.41) is 3.48. The van der Waals surface area contributed by atoms with Crippen LogP contribution in [0.4, 0.5) is 10.1 Å². The molecular formula is C12H16FN3. The van der Waals surface area contributed by atoms with Gasteiger partial charge in [-0.1, -0.05) is 0 Å². The summed E-state index contributed by atoms with van der Waals surface area (Å²) in [6.45, 7) is 3.64. The molecule has 3 rings (SSSR count). The maximum atomic E-state index is 12.7. The van der Waals surface area contributed by atoms with Gasteiger partial charge in [0, 0.05) is 19.1 Å². The fraction of sp³-hybridized carbons (Fsp3) is 0.583. The van der Waals surface area contributed by atoms with Gasteiger partial charge in [-0.3, -0.25) is 0 Å². The van der Waals surface area contributed by atoms with Crippen LogP contribution in [0.3, 0.4) is 0 Å². The van der Waals surface area contributed by atoms with Crippen LogP contribution in [-0.2, 0) is 0 Å². The van der Waals surface area contributed by atoms with Gasteiger partial charge >= 0.3 is 0 Å². The Balaban J connectivity index is 1.68. The van der Waals surface area contributed by atoms with E-state index in [0.29, 0.717) is 6.04 Å². The molecule has 1 aromatic heterocycles. The van der Waals surface area contributed by atoms with E-state index in [1.807, 2.05) is 0 Å². The van der Waals surface area contributed by atoms with Crippen molar-refractivity contribution in [2.75, 3.05) is 25.0 Å². The summed E-state index contributed by atoms with van der Waals surface area (Å²) in [7, 11) is 0.